The van der Waals surface area contributed by atoms with E-state index in [2.05, 4.69) is 10.3 Å². The molecule has 0 saturated carbocycles. The molecule has 0 bridgehead atoms. The third-order valence-corrected chi connectivity index (χ3v) is 3.62. The number of oxime groups is 2. The van der Waals surface area contributed by atoms with Crippen molar-refractivity contribution in [3.63, 3.8) is 0 Å². The molecule has 2 rings (SSSR count). The maximum Gasteiger partial charge on any atom is 0.381 e. The van der Waals surface area contributed by atoms with E-state index in [1.165, 1.54) is 0 Å². The van der Waals surface area contributed by atoms with Gasteiger partial charge in [0.25, 0.3) is 0 Å². The van der Waals surface area contributed by atoms with Gasteiger partial charge in [-0.05, 0) is 19.4 Å². The summed E-state index contributed by atoms with van der Waals surface area (Å²) in [6.07, 6.45) is 0.412. The highest BCUT2D eigenvalue weighted by Gasteiger charge is 2.46. The lowest BCUT2D eigenvalue weighted by Crippen LogP contribution is -2.37. The van der Waals surface area contributed by atoms with Crippen LogP contribution in [-0.2, 0) is 14.5 Å². The van der Waals surface area contributed by atoms with Gasteiger partial charge in [-0.1, -0.05) is 61.4 Å². The Hall–Kier alpha value is -2.17. The minimum absolute atomic E-state index is 0.138. The van der Waals surface area contributed by atoms with E-state index in [0.717, 1.165) is 11.3 Å². The normalized spacial score (nSPS) is 22.0. The molecule has 0 N–H and O–H groups in total. The Bertz CT molecular complexity index is 615. The fourth-order valence-electron chi connectivity index (χ4n) is 1.99. The van der Waals surface area contributed by atoms with Gasteiger partial charge in [-0.2, -0.15) is 0 Å². The third-order valence-electron chi connectivity index (χ3n) is 3.62. The minimum Gasteiger partial charge on any atom is -0.377 e. The highest BCUT2D eigenvalue weighted by molar-refractivity contribution is 5.99. The van der Waals surface area contributed by atoms with Gasteiger partial charge in [-0.15, -0.1) is 0 Å². The summed E-state index contributed by atoms with van der Waals surface area (Å²) < 4.78 is 0. The molecule has 22 heavy (non-hydrogen) atoms. The number of carbonyl (C=O) groups excluding carboxylic acids is 1. The van der Waals surface area contributed by atoms with Crippen molar-refractivity contribution in [2.75, 3.05) is 0 Å². The Kier molecular flexibility index (Phi) is 4.35. The van der Waals surface area contributed by atoms with Crippen molar-refractivity contribution in [2.45, 2.75) is 46.6 Å². The number of nitrogens with zero attached hydrogens (tertiary/aromatic N) is 2. The van der Waals surface area contributed by atoms with Crippen molar-refractivity contribution >= 4 is 17.4 Å². The van der Waals surface area contributed by atoms with E-state index in [-0.39, 0.29) is 5.41 Å². The monoisotopic (exact) mass is 302 g/mol. The summed E-state index contributed by atoms with van der Waals surface area (Å²) >= 11 is 0. The molecule has 5 heteroatoms. The number of rotatable bonds is 3. The molecule has 118 valence electrons. The average molecular weight is 302 g/mol. The SMILES string of the molecule is C/C(=N\OC(=O)C1(C)CC(C(C)(C)C)=NO1)c1ccccc1. The molecule has 0 aromatic heterocycles. The van der Waals surface area contributed by atoms with E-state index in [4.69, 9.17) is 9.68 Å². The Morgan fingerprint density at radius 3 is 2.50 bits per heavy atom. The Morgan fingerprint density at radius 2 is 1.95 bits per heavy atom. The largest absolute Gasteiger partial charge is 0.381 e. The molecule has 1 heterocycles. The van der Waals surface area contributed by atoms with Gasteiger partial charge >= 0.3 is 5.97 Å². The second-order valence-electron chi connectivity index (χ2n) is 6.71. The van der Waals surface area contributed by atoms with Gasteiger partial charge in [-0.25, -0.2) is 4.79 Å². The van der Waals surface area contributed by atoms with Gasteiger partial charge < -0.3 is 9.68 Å². The number of carbonyl (C=O) groups is 1. The van der Waals surface area contributed by atoms with Crippen LogP contribution in [0.2, 0.25) is 0 Å². The lowest BCUT2D eigenvalue weighted by atomic mass is 9.84. The summed E-state index contributed by atoms with van der Waals surface area (Å²) in [5, 5.41) is 7.94. The standard InChI is InChI=1S/C17H22N2O3/c1-12(13-9-7-6-8-10-13)18-21-15(20)17(5)11-14(19-22-17)16(2,3)4/h6-10H,11H2,1-5H3/b18-12+. The van der Waals surface area contributed by atoms with Gasteiger partial charge in [0.2, 0.25) is 5.60 Å². The van der Waals surface area contributed by atoms with Gasteiger partial charge in [0.05, 0.1) is 11.4 Å². The molecule has 0 radical (unpaired) electrons. The van der Waals surface area contributed by atoms with Crippen LogP contribution in [0.3, 0.4) is 0 Å². The summed E-state index contributed by atoms with van der Waals surface area (Å²) in [6.45, 7) is 9.56. The molecule has 1 unspecified atom stereocenters. The molecule has 1 aliphatic rings. The van der Waals surface area contributed by atoms with Gasteiger partial charge in [0, 0.05) is 11.8 Å². The molecule has 1 aliphatic heterocycles. The molecular formula is C17H22N2O3. The average Bonchev–Trinajstić information content (AvgIpc) is 2.89. The van der Waals surface area contributed by atoms with Crippen molar-refractivity contribution in [2.24, 2.45) is 15.7 Å². The van der Waals surface area contributed by atoms with Crippen LogP contribution in [-0.4, -0.2) is 23.0 Å². The zero-order valence-corrected chi connectivity index (χ0v) is 13.7. The summed E-state index contributed by atoms with van der Waals surface area (Å²) in [5.74, 6) is -0.536. The molecule has 0 fully saturated rings. The quantitative estimate of drug-likeness (QED) is 0.487. The first kappa shape index (κ1) is 16.2. The smallest absolute Gasteiger partial charge is 0.377 e. The zero-order valence-electron chi connectivity index (χ0n) is 13.7. The Balaban J connectivity index is 2.02. The van der Waals surface area contributed by atoms with Crippen molar-refractivity contribution < 1.29 is 14.5 Å². The fraction of sp³-hybridized carbons (Fsp3) is 0.471. The molecular weight excluding hydrogens is 280 g/mol. The van der Waals surface area contributed by atoms with Crippen LogP contribution in [0.15, 0.2) is 40.6 Å². The Morgan fingerprint density at radius 1 is 1.32 bits per heavy atom. The first-order chi connectivity index (χ1) is 10.2. The highest BCUT2D eigenvalue weighted by atomic mass is 16.7. The molecule has 0 saturated heterocycles. The molecule has 0 spiro atoms. The van der Waals surface area contributed by atoms with Crippen LogP contribution in [0.25, 0.3) is 0 Å². The van der Waals surface area contributed by atoms with E-state index in [0.29, 0.717) is 12.1 Å². The van der Waals surface area contributed by atoms with Gasteiger partial charge in [0.15, 0.2) is 0 Å². The van der Waals surface area contributed by atoms with Crippen LogP contribution in [0.1, 0.15) is 46.6 Å². The van der Waals surface area contributed by atoms with E-state index in [1.807, 2.05) is 51.1 Å². The summed E-state index contributed by atoms with van der Waals surface area (Å²) in [5.41, 5.74) is 1.13. The van der Waals surface area contributed by atoms with Gasteiger partial charge in [0.1, 0.15) is 0 Å². The lowest BCUT2D eigenvalue weighted by Gasteiger charge is -2.20. The van der Waals surface area contributed by atoms with Crippen molar-refractivity contribution in [3.8, 4) is 0 Å². The second kappa shape index (κ2) is 5.91. The van der Waals surface area contributed by atoms with Crippen LogP contribution in [0.4, 0.5) is 0 Å². The lowest BCUT2D eigenvalue weighted by molar-refractivity contribution is -0.167. The van der Waals surface area contributed by atoms with E-state index in [9.17, 15) is 4.79 Å². The zero-order chi connectivity index (χ0) is 16.4. The molecule has 5 nitrogen and oxygen atoms in total. The highest BCUT2D eigenvalue weighted by Crippen LogP contribution is 2.32. The maximum absolute atomic E-state index is 12.2. The first-order valence-corrected chi connectivity index (χ1v) is 7.29. The predicted octanol–water partition coefficient (Wildman–Crippen LogP) is 3.53. The number of hydrogen-bond donors (Lipinski definition) is 0. The fourth-order valence-corrected chi connectivity index (χ4v) is 1.99. The van der Waals surface area contributed by atoms with E-state index >= 15 is 0 Å². The van der Waals surface area contributed by atoms with Crippen LogP contribution in [0, 0.1) is 5.41 Å². The molecule has 1 atom stereocenters. The third kappa shape index (κ3) is 3.53. The summed E-state index contributed by atoms with van der Waals surface area (Å²) in [4.78, 5) is 22.6. The van der Waals surface area contributed by atoms with E-state index in [1.54, 1.807) is 13.8 Å². The topological polar surface area (TPSA) is 60.2 Å². The second-order valence-corrected chi connectivity index (χ2v) is 6.71. The molecule has 1 aromatic carbocycles. The Labute approximate surface area is 131 Å². The number of benzene rings is 1. The van der Waals surface area contributed by atoms with Crippen molar-refractivity contribution in [1.82, 2.24) is 0 Å². The van der Waals surface area contributed by atoms with Gasteiger partial charge in [-0.3, -0.25) is 0 Å². The van der Waals surface area contributed by atoms with Crippen LogP contribution >= 0.6 is 0 Å². The minimum atomic E-state index is -1.11. The molecule has 0 aliphatic carbocycles. The molecule has 0 amide bonds. The first-order valence-electron chi connectivity index (χ1n) is 7.29. The maximum atomic E-state index is 12.2. The van der Waals surface area contributed by atoms with Crippen molar-refractivity contribution in [1.29, 1.82) is 0 Å². The van der Waals surface area contributed by atoms with Crippen LogP contribution < -0.4 is 0 Å². The summed E-state index contributed by atoms with van der Waals surface area (Å²) in [6, 6.07) is 9.53. The van der Waals surface area contributed by atoms with Crippen LogP contribution in [0.5, 0.6) is 0 Å². The summed E-state index contributed by atoms with van der Waals surface area (Å²) in [7, 11) is 0. The predicted molar refractivity (Wildman–Crippen MR) is 85.7 cm³/mol. The molecule has 1 aromatic rings. The number of hydrogen-bond acceptors (Lipinski definition) is 5. The van der Waals surface area contributed by atoms with E-state index < -0.39 is 11.6 Å². The van der Waals surface area contributed by atoms with Crippen molar-refractivity contribution in [3.05, 3.63) is 35.9 Å².